The van der Waals surface area contributed by atoms with Crippen molar-refractivity contribution in [2.45, 2.75) is 19.3 Å². The molecule has 2 amide bonds. The summed E-state index contributed by atoms with van der Waals surface area (Å²) in [7, 11) is 1.58. The number of hydrogen-bond donors (Lipinski definition) is 3. The summed E-state index contributed by atoms with van der Waals surface area (Å²) in [6, 6.07) is 11.7. The lowest BCUT2D eigenvalue weighted by molar-refractivity contribution is -0.125. The van der Waals surface area contributed by atoms with Gasteiger partial charge in [-0.3, -0.25) is 14.7 Å². The van der Waals surface area contributed by atoms with Gasteiger partial charge >= 0.3 is 0 Å². The third-order valence-electron chi connectivity index (χ3n) is 5.85. The van der Waals surface area contributed by atoms with Gasteiger partial charge in [0.25, 0.3) is 5.91 Å². The van der Waals surface area contributed by atoms with Crippen LogP contribution in [0.5, 0.6) is 5.75 Å². The number of amides is 2. The molecule has 3 aromatic rings. The van der Waals surface area contributed by atoms with Crippen molar-refractivity contribution in [3.05, 3.63) is 54.0 Å². The van der Waals surface area contributed by atoms with E-state index in [-0.39, 0.29) is 23.5 Å². The first kappa shape index (κ1) is 22.6. The second-order valence-electron chi connectivity index (χ2n) is 8.11. The molecule has 1 fully saturated rings. The first-order valence-electron chi connectivity index (χ1n) is 11.2. The summed E-state index contributed by atoms with van der Waals surface area (Å²) in [4.78, 5) is 26.8. The van der Waals surface area contributed by atoms with E-state index in [2.05, 4.69) is 25.7 Å². The molecule has 1 unspecified atom stereocenters. The lowest BCUT2D eigenvalue weighted by atomic mass is 9.96. The molecule has 174 valence electrons. The van der Waals surface area contributed by atoms with Crippen LogP contribution in [0.3, 0.4) is 0 Å². The van der Waals surface area contributed by atoms with Crippen LogP contribution in [-0.2, 0) is 4.79 Å². The minimum Gasteiger partial charge on any atom is -0.494 e. The molecule has 3 N–H and O–H groups in total. The van der Waals surface area contributed by atoms with Crippen molar-refractivity contribution in [1.82, 2.24) is 20.8 Å². The van der Waals surface area contributed by atoms with Crippen LogP contribution in [0.2, 0.25) is 0 Å². The van der Waals surface area contributed by atoms with Gasteiger partial charge in [0.15, 0.2) is 5.69 Å². The number of ether oxygens (including phenoxy) is 1. The highest BCUT2D eigenvalue weighted by Gasteiger charge is 2.26. The number of anilines is 1. The number of rotatable bonds is 8. The first-order chi connectivity index (χ1) is 16.0. The Morgan fingerprint density at radius 3 is 2.85 bits per heavy atom. The zero-order valence-electron chi connectivity index (χ0n) is 18.6. The number of nitrogens with zero attached hydrogens (tertiary/aromatic N) is 2. The van der Waals surface area contributed by atoms with Crippen LogP contribution in [0, 0.1) is 11.7 Å². The van der Waals surface area contributed by atoms with Gasteiger partial charge < -0.3 is 20.3 Å². The summed E-state index contributed by atoms with van der Waals surface area (Å²) in [5.41, 5.74) is 2.16. The smallest absolute Gasteiger partial charge is 0.272 e. The van der Waals surface area contributed by atoms with Crippen molar-refractivity contribution in [2.24, 2.45) is 5.92 Å². The highest BCUT2D eigenvalue weighted by molar-refractivity contribution is 6.05. The van der Waals surface area contributed by atoms with Gasteiger partial charge in [-0.2, -0.15) is 5.10 Å². The Morgan fingerprint density at radius 1 is 1.24 bits per heavy atom. The maximum absolute atomic E-state index is 12.9. The Morgan fingerprint density at radius 2 is 2.06 bits per heavy atom. The molecule has 1 saturated heterocycles. The fourth-order valence-corrected chi connectivity index (χ4v) is 4.07. The van der Waals surface area contributed by atoms with E-state index in [1.807, 2.05) is 18.2 Å². The monoisotopic (exact) mass is 453 g/mol. The minimum absolute atomic E-state index is 0.0472. The average molecular weight is 454 g/mol. The lowest BCUT2D eigenvalue weighted by Crippen LogP contribution is -2.43. The number of halogens is 1. The quantitative estimate of drug-likeness (QED) is 0.456. The molecule has 1 aromatic heterocycles. The van der Waals surface area contributed by atoms with E-state index in [0.717, 1.165) is 36.0 Å². The van der Waals surface area contributed by atoms with Gasteiger partial charge in [-0.1, -0.05) is 0 Å². The maximum atomic E-state index is 12.9. The Bertz CT molecular complexity index is 1110. The van der Waals surface area contributed by atoms with Crippen molar-refractivity contribution in [2.75, 3.05) is 38.2 Å². The molecular formula is C24H28FN5O3. The van der Waals surface area contributed by atoms with E-state index < -0.39 is 0 Å². The summed E-state index contributed by atoms with van der Waals surface area (Å²) in [5.74, 6) is 0.0463. The number of fused-ring (bicyclic) bond motifs is 1. The molecule has 1 aliphatic rings. The summed E-state index contributed by atoms with van der Waals surface area (Å²) in [6.07, 6.45) is 2.45. The van der Waals surface area contributed by atoms with Crippen LogP contribution in [0.1, 0.15) is 29.8 Å². The van der Waals surface area contributed by atoms with Crippen LogP contribution in [-0.4, -0.2) is 55.3 Å². The molecular weight excluding hydrogens is 425 g/mol. The number of aromatic nitrogens is 2. The number of carbonyl (C=O) groups excluding carboxylic acids is 2. The maximum Gasteiger partial charge on any atom is 0.272 e. The summed E-state index contributed by atoms with van der Waals surface area (Å²) in [6.45, 7) is 2.49. The Hall–Kier alpha value is -3.62. The predicted molar refractivity (Wildman–Crippen MR) is 124 cm³/mol. The summed E-state index contributed by atoms with van der Waals surface area (Å²) < 4.78 is 18.5. The largest absolute Gasteiger partial charge is 0.494 e. The summed E-state index contributed by atoms with van der Waals surface area (Å²) in [5, 5.41) is 13.4. The first-order valence-corrected chi connectivity index (χ1v) is 11.2. The molecule has 1 atom stereocenters. The van der Waals surface area contributed by atoms with Crippen molar-refractivity contribution in [3.8, 4) is 5.75 Å². The topological polar surface area (TPSA) is 99.4 Å². The van der Waals surface area contributed by atoms with Crippen LogP contribution in [0.25, 0.3) is 10.9 Å². The number of aromatic amines is 1. The van der Waals surface area contributed by atoms with E-state index in [4.69, 9.17) is 4.74 Å². The SMILES string of the molecule is CNC(=O)c1n[nH]c2cc(N3CCCC(C(=O)NCCCOc4ccc(F)cc4)C3)ccc12. The second kappa shape index (κ2) is 10.3. The second-order valence-corrected chi connectivity index (χ2v) is 8.11. The van der Waals surface area contributed by atoms with Crippen LogP contribution >= 0.6 is 0 Å². The lowest BCUT2D eigenvalue weighted by Gasteiger charge is -2.33. The van der Waals surface area contributed by atoms with Gasteiger partial charge in [-0.15, -0.1) is 0 Å². The fourth-order valence-electron chi connectivity index (χ4n) is 4.07. The number of H-pyrrole nitrogens is 1. The zero-order valence-corrected chi connectivity index (χ0v) is 18.6. The molecule has 0 bridgehead atoms. The molecule has 2 aromatic carbocycles. The zero-order chi connectivity index (χ0) is 23.2. The van der Waals surface area contributed by atoms with Gasteiger partial charge in [0.05, 0.1) is 18.0 Å². The molecule has 9 heteroatoms. The van der Waals surface area contributed by atoms with Gasteiger partial charge in [0, 0.05) is 37.8 Å². The Kier molecular flexibility index (Phi) is 7.07. The van der Waals surface area contributed by atoms with Crippen LogP contribution in [0.15, 0.2) is 42.5 Å². The number of carbonyl (C=O) groups is 2. The van der Waals surface area contributed by atoms with E-state index in [1.54, 1.807) is 19.2 Å². The van der Waals surface area contributed by atoms with E-state index >= 15 is 0 Å². The molecule has 0 spiro atoms. The van der Waals surface area contributed by atoms with Gasteiger partial charge in [0.2, 0.25) is 5.91 Å². The van der Waals surface area contributed by atoms with E-state index in [1.165, 1.54) is 12.1 Å². The predicted octanol–water partition coefficient (Wildman–Crippen LogP) is 2.86. The number of hydrogen-bond acceptors (Lipinski definition) is 5. The third-order valence-corrected chi connectivity index (χ3v) is 5.85. The van der Waals surface area contributed by atoms with Crippen LogP contribution < -0.4 is 20.3 Å². The summed E-state index contributed by atoms with van der Waals surface area (Å²) >= 11 is 0. The standard InChI is InChI=1S/C24H28FN5O3/c1-26-24(32)22-20-10-7-18(14-21(20)28-29-22)30-12-2-4-16(15-30)23(31)27-11-3-13-33-19-8-5-17(25)6-9-19/h5-10,14,16H,2-4,11-13,15H2,1H3,(H,26,32)(H,27,31)(H,28,29). The average Bonchev–Trinajstić information content (AvgIpc) is 3.28. The third kappa shape index (κ3) is 5.42. The van der Waals surface area contributed by atoms with Crippen LogP contribution in [0.4, 0.5) is 10.1 Å². The van der Waals surface area contributed by atoms with E-state index in [9.17, 15) is 14.0 Å². The van der Waals surface area contributed by atoms with Crippen molar-refractivity contribution < 1.29 is 18.7 Å². The molecule has 0 radical (unpaired) electrons. The number of benzene rings is 2. The molecule has 2 heterocycles. The van der Waals surface area contributed by atoms with Gasteiger partial charge in [0.1, 0.15) is 11.6 Å². The molecule has 0 aliphatic carbocycles. The highest BCUT2D eigenvalue weighted by atomic mass is 19.1. The Balaban J connectivity index is 1.27. The molecule has 0 saturated carbocycles. The highest BCUT2D eigenvalue weighted by Crippen LogP contribution is 2.27. The molecule has 4 rings (SSSR count). The molecule has 1 aliphatic heterocycles. The molecule has 33 heavy (non-hydrogen) atoms. The van der Waals surface area contributed by atoms with E-state index in [0.29, 0.717) is 37.6 Å². The minimum atomic E-state index is -0.297. The number of piperidine rings is 1. The number of nitrogens with one attached hydrogen (secondary N) is 3. The van der Waals surface area contributed by atoms with Crippen molar-refractivity contribution in [3.63, 3.8) is 0 Å². The Labute approximate surface area is 191 Å². The normalized spacial score (nSPS) is 15.9. The van der Waals surface area contributed by atoms with Crippen molar-refractivity contribution >= 4 is 28.4 Å². The van der Waals surface area contributed by atoms with Gasteiger partial charge in [-0.25, -0.2) is 4.39 Å². The fraction of sp³-hybridized carbons (Fsp3) is 0.375. The van der Waals surface area contributed by atoms with Crippen molar-refractivity contribution in [1.29, 1.82) is 0 Å². The van der Waals surface area contributed by atoms with Gasteiger partial charge in [-0.05, 0) is 61.7 Å². The molecule has 8 nitrogen and oxygen atoms in total.